The Hall–Kier alpha value is -2.02. The van der Waals surface area contributed by atoms with E-state index in [1.54, 1.807) is 0 Å². The highest BCUT2D eigenvalue weighted by molar-refractivity contribution is 7.80. The summed E-state index contributed by atoms with van der Waals surface area (Å²) in [7, 11) is 0. The molecule has 0 atom stereocenters. The summed E-state index contributed by atoms with van der Waals surface area (Å²) in [6.07, 6.45) is 4.76. The predicted molar refractivity (Wildman–Crippen MR) is 117 cm³/mol. The molecule has 0 aliphatic carbocycles. The van der Waals surface area contributed by atoms with Gasteiger partial charge in [0.05, 0.1) is 13.2 Å². The Bertz CT molecular complexity index is 717. The highest BCUT2D eigenvalue weighted by Gasteiger charge is 2.13. The van der Waals surface area contributed by atoms with Crippen molar-refractivity contribution in [3.8, 4) is 0 Å². The van der Waals surface area contributed by atoms with Crippen LogP contribution in [0.15, 0.2) is 48.8 Å². The van der Waals surface area contributed by atoms with E-state index in [1.807, 2.05) is 12.4 Å². The van der Waals surface area contributed by atoms with E-state index in [4.69, 9.17) is 17.0 Å². The number of hydrogen-bond acceptors (Lipinski definition) is 4. The zero-order chi connectivity index (χ0) is 19.6. The molecule has 0 bridgehead atoms. The predicted octanol–water partition coefficient (Wildman–Crippen LogP) is 2.99. The molecule has 1 aromatic heterocycles. The van der Waals surface area contributed by atoms with E-state index in [-0.39, 0.29) is 0 Å². The van der Waals surface area contributed by atoms with Crippen molar-refractivity contribution < 1.29 is 4.74 Å². The van der Waals surface area contributed by atoms with Crippen LogP contribution in [0.4, 0.5) is 0 Å². The van der Waals surface area contributed by atoms with Crippen LogP contribution in [0, 0.1) is 6.92 Å². The number of aromatic nitrogens is 1. The van der Waals surface area contributed by atoms with Crippen LogP contribution in [0.5, 0.6) is 0 Å². The van der Waals surface area contributed by atoms with E-state index in [9.17, 15) is 0 Å². The number of nitrogens with one attached hydrogen (secondary N) is 1. The van der Waals surface area contributed by atoms with E-state index >= 15 is 0 Å². The van der Waals surface area contributed by atoms with E-state index < -0.39 is 0 Å². The number of ether oxygens (including phenoxy) is 1. The second kappa shape index (κ2) is 11.1. The van der Waals surface area contributed by atoms with Crippen molar-refractivity contribution in [3.63, 3.8) is 0 Å². The van der Waals surface area contributed by atoms with E-state index in [2.05, 4.69) is 63.4 Å². The first-order valence-electron chi connectivity index (χ1n) is 9.98. The smallest absolute Gasteiger partial charge is 0.169 e. The lowest BCUT2D eigenvalue weighted by atomic mass is 10.1. The van der Waals surface area contributed by atoms with Gasteiger partial charge in [0.15, 0.2) is 5.11 Å². The van der Waals surface area contributed by atoms with Gasteiger partial charge in [0.2, 0.25) is 0 Å². The average molecular weight is 399 g/mol. The number of thiocarbonyl (C=S) groups is 1. The first-order valence-corrected chi connectivity index (χ1v) is 10.4. The number of nitrogens with zero attached hydrogens (tertiary/aromatic N) is 3. The van der Waals surface area contributed by atoms with Gasteiger partial charge in [-0.2, -0.15) is 0 Å². The van der Waals surface area contributed by atoms with Crippen molar-refractivity contribution in [2.75, 3.05) is 39.4 Å². The van der Waals surface area contributed by atoms with E-state index in [1.165, 1.54) is 16.7 Å². The summed E-state index contributed by atoms with van der Waals surface area (Å²) in [5.41, 5.74) is 3.74. The van der Waals surface area contributed by atoms with Crippen molar-refractivity contribution in [2.45, 2.75) is 26.4 Å². The Morgan fingerprint density at radius 2 is 1.82 bits per heavy atom. The normalized spacial score (nSPS) is 14.6. The maximum Gasteiger partial charge on any atom is 0.169 e. The molecule has 2 aromatic rings. The lowest BCUT2D eigenvalue weighted by Gasteiger charge is -2.29. The van der Waals surface area contributed by atoms with Crippen molar-refractivity contribution in [1.29, 1.82) is 0 Å². The second-order valence-corrected chi connectivity index (χ2v) is 7.62. The van der Waals surface area contributed by atoms with Crippen molar-refractivity contribution in [2.24, 2.45) is 0 Å². The van der Waals surface area contributed by atoms with Crippen LogP contribution in [0.2, 0.25) is 0 Å². The van der Waals surface area contributed by atoms with Gasteiger partial charge < -0.3 is 15.0 Å². The molecule has 0 saturated carbocycles. The summed E-state index contributed by atoms with van der Waals surface area (Å²) in [6.45, 7) is 9.40. The fourth-order valence-corrected chi connectivity index (χ4v) is 3.49. The van der Waals surface area contributed by atoms with Crippen LogP contribution in [0.1, 0.15) is 23.1 Å². The molecule has 1 aromatic carbocycles. The molecule has 1 aliphatic heterocycles. The molecular formula is C22H30N4OS. The molecule has 1 N–H and O–H groups in total. The number of rotatable bonds is 8. The summed E-state index contributed by atoms with van der Waals surface area (Å²) in [6, 6.07) is 12.7. The summed E-state index contributed by atoms with van der Waals surface area (Å²) in [5.74, 6) is 0. The fourth-order valence-electron chi connectivity index (χ4n) is 3.27. The number of pyridine rings is 1. The van der Waals surface area contributed by atoms with Gasteiger partial charge in [0.25, 0.3) is 0 Å². The molecule has 6 heteroatoms. The average Bonchev–Trinajstić information content (AvgIpc) is 2.74. The van der Waals surface area contributed by atoms with Crippen LogP contribution >= 0.6 is 12.2 Å². The third kappa shape index (κ3) is 6.86. The van der Waals surface area contributed by atoms with E-state index in [0.717, 1.165) is 64.0 Å². The summed E-state index contributed by atoms with van der Waals surface area (Å²) in [4.78, 5) is 8.85. The van der Waals surface area contributed by atoms with Gasteiger partial charge in [0, 0.05) is 51.7 Å². The minimum Gasteiger partial charge on any atom is -0.379 e. The fraction of sp³-hybridized carbons (Fsp3) is 0.455. The number of benzene rings is 1. The van der Waals surface area contributed by atoms with Crippen molar-refractivity contribution in [1.82, 2.24) is 20.1 Å². The summed E-state index contributed by atoms with van der Waals surface area (Å²) in [5, 5.41) is 4.24. The minimum absolute atomic E-state index is 0.745. The standard InChI is InChI=1S/C22H30N4OS/c1-19-3-5-20(6-4-19)17-24-22(28)26(18-21-7-9-23-10-8-21)12-2-11-25-13-15-27-16-14-25/h3-10H,2,11-18H2,1H3,(H,24,28). The molecule has 150 valence electrons. The number of aryl methyl sites for hydroxylation is 1. The third-order valence-corrected chi connectivity index (χ3v) is 5.38. The Morgan fingerprint density at radius 1 is 1.11 bits per heavy atom. The molecule has 5 nitrogen and oxygen atoms in total. The van der Waals surface area contributed by atoms with Crippen molar-refractivity contribution in [3.05, 3.63) is 65.5 Å². The summed E-state index contributed by atoms with van der Waals surface area (Å²) < 4.78 is 5.44. The minimum atomic E-state index is 0.745. The Morgan fingerprint density at radius 3 is 2.54 bits per heavy atom. The summed E-state index contributed by atoms with van der Waals surface area (Å²) >= 11 is 5.73. The van der Waals surface area contributed by atoms with Crippen LogP contribution < -0.4 is 5.32 Å². The monoisotopic (exact) mass is 398 g/mol. The van der Waals surface area contributed by atoms with Gasteiger partial charge in [-0.05, 0) is 48.8 Å². The molecule has 3 rings (SSSR count). The van der Waals surface area contributed by atoms with Gasteiger partial charge in [-0.25, -0.2) is 0 Å². The van der Waals surface area contributed by atoms with Crippen molar-refractivity contribution >= 4 is 17.3 Å². The van der Waals surface area contributed by atoms with Crippen LogP contribution in [-0.2, 0) is 17.8 Å². The van der Waals surface area contributed by atoms with Gasteiger partial charge in [0.1, 0.15) is 0 Å². The molecule has 1 aliphatic rings. The molecule has 0 spiro atoms. The molecule has 0 unspecified atom stereocenters. The second-order valence-electron chi connectivity index (χ2n) is 7.23. The topological polar surface area (TPSA) is 40.6 Å². The number of hydrogen-bond donors (Lipinski definition) is 1. The first kappa shape index (κ1) is 20.7. The van der Waals surface area contributed by atoms with Gasteiger partial charge >= 0.3 is 0 Å². The van der Waals surface area contributed by atoms with Crippen LogP contribution in [0.25, 0.3) is 0 Å². The molecule has 1 saturated heterocycles. The lowest BCUT2D eigenvalue weighted by molar-refractivity contribution is 0.0367. The molecule has 2 heterocycles. The van der Waals surface area contributed by atoms with E-state index in [0.29, 0.717) is 0 Å². The van der Waals surface area contributed by atoms with Crippen LogP contribution in [-0.4, -0.2) is 59.3 Å². The van der Waals surface area contributed by atoms with Gasteiger partial charge in [-0.15, -0.1) is 0 Å². The SMILES string of the molecule is Cc1ccc(CNC(=S)N(CCCN2CCOCC2)Cc2ccncc2)cc1. The largest absolute Gasteiger partial charge is 0.379 e. The molecular weight excluding hydrogens is 368 g/mol. The lowest BCUT2D eigenvalue weighted by Crippen LogP contribution is -2.42. The Kier molecular flexibility index (Phi) is 8.21. The molecule has 28 heavy (non-hydrogen) atoms. The number of morpholine rings is 1. The highest BCUT2D eigenvalue weighted by atomic mass is 32.1. The van der Waals surface area contributed by atoms with Gasteiger partial charge in [-0.3, -0.25) is 9.88 Å². The van der Waals surface area contributed by atoms with Gasteiger partial charge in [-0.1, -0.05) is 29.8 Å². The highest BCUT2D eigenvalue weighted by Crippen LogP contribution is 2.08. The molecule has 1 fully saturated rings. The Balaban J connectivity index is 1.54. The zero-order valence-corrected chi connectivity index (χ0v) is 17.5. The molecule has 0 amide bonds. The van der Waals surface area contributed by atoms with Crippen LogP contribution in [0.3, 0.4) is 0 Å². The maximum atomic E-state index is 5.73. The maximum absolute atomic E-state index is 5.73. The quantitative estimate of drug-likeness (QED) is 0.690. The Labute approximate surface area is 173 Å². The first-order chi connectivity index (χ1) is 13.7. The third-order valence-electron chi connectivity index (χ3n) is 4.98. The molecule has 0 radical (unpaired) electrons. The zero-order valence-electron chi connectivity index (χ0n) is 16.6.